The van der Waals surface area contributed by atoms with E-state index < -0.39 is 0 Å². The molecule has 1 fully saturated rings. The number of carbonyl (C=O) groups excluding carboxylic acids is 2. The monoisotopic (exact) mass is 674 g/mol. The molecule has 2 aliphatic heterocycles. The quantitative estimate of drug-likeness (QED) is 0.203. The molecule has 2 aromatic carbocycles. The van der Waals surface area contributed by atoms with Gasteiger partial charge in [0.25, 0.3) is 0 Å². The number of aryl methyl sites for hydroxylation is 1. The van der Waals surface area contributed by atoms with Crippen LogP contribution in [0.2, 0.25) is 0 Å². The van der Waals surface area contributed by atoms with E-state index in [0.29, 0.717) is 32.9 Å². The van der Waals surface area contributed by atoms with Crippen molar-refractivity contribution in [3.63, 3.8) is 0 Å². The van der Waals surface area contributed by atoms with Gasteiger partial charge in [-0.15, -0.1) is 5.10 Å². The first-order valence-corrected chi connectivity index (χ1v) is 17.9. The third kappa shape index (κ3) is 10.4. The summed E-state index contributed by atoms with van der Waals surface area (Å²) in [6.07, 6.45) is 2.15. The van der Waals surface area contributed by atoms with Gasteiger partial charge in [0.1, 0.15) is 5.69 Å². The summed E-state index contributed by atoms with van der Waals surface area (Å²) in [5, 5.41) is 12.2. The van der Waals surface area contributed by atoms with E-state index in [-0.39, 0.29) is 24.7 Å². The first-order valence-electron chi connectivity index (χ1n) is 17.9. The molecular weight excluding hydrogens is 620 g/mol. The Morgan fingerprint density at radius 3 is 2.29 bits per heavy atom. The van der Waals surface area contributed by atoms with Crippen LogP contribution in [0.15, 0.2) is 48.5 Å². The van der Waals surface area contributed by atoms with Gasteiger partial charge >= 0.3 is 0 Å². The summed E-state index contributed by atoms with van der Waals surface area (Å²) < 4.78 is 13.0. The summed E-state index contributed by atoms with van der Waals surface area (Å²) in [6.45, 7) is 13.4. The van der Waals surface area contributed by atoms with Crippen LogP contribution in [0.4, 0.5) is 5.69 Å². The predicted molar refractivity (Wildman–Crippen MR) is 192 cm³/mol. The van der Waals surface area contributed by atoms with Gasteiger partial charge in [0, 0.05) is 89.5 Å². The number of aromatic nitrogens is 3. The highest BCUT2D eigenvalue weighted by atomic mass is 16.5. The number of likely N-dealkylation sites (N-methyl/N-ethyl adjacent to an activating group) is 1. The van der Waals surface area contributed by atoms with E-state index in [9.17, 15) is 9.59 Å². The lowest BCUT2D eigenvalue weighted by atomic mass is 9.95. The van der Waals surface area contributed by atoms with Crippen molar-refractivity contribution in [2.75, 3.05) is 97.8 Å². The Morgan fingerprint density at radius 1 is 0.837 bits per heavy atom. The van der Waals surface area contributed by atoms with E-state index in [1.807, 2.05) is 41.1 Å². The van der Waals surface area contributed by atoms with E-state index >= 15 is 0 Å². The summed E-state index contributed by atoms with van der Waals surface area (Å²) in [5.74, 6) is -0.282. The number of fused-ring (bicyclic) bond motifs is 5. The normalized spacial score (nSPS) is 15.0. The maximum atomic E-state index is 13.8. The number of ether oxygens (including phenoxy) is 2. The molecule has 0 spiro atoms. The van der Waals surface area contributed by atoms with Gasteiger partial charge in [-0.1, -0.05) is 54.6 Å². The number of para-hydroxylation sites is 1. The zero-order chi connectivity index (χ0) is 34.4. The van der Waals surface area contributed by atoms with Crippen molar-refractivity contribution in [1.29, 1.82) is 0 Å². The van der Waals surface area contributed by atoms with Crippen molar-refractivity contribution in [1.82, 2.24) is 35.0 Å². The van der Waals surface area contributed by atoms with Gasteiger partial charge in [-0.3, -0.25) is 14.5 Å². The second kappa shape index (κ2) is 18.9. The molecule has 0 unspecified atom stereocenters. The largest absolute Gasteiger partial charge is 0.379 e. The summed E-state index contributed by atoms with van der Waals surface area (Å²) in [4.78, 5) is 35.5. The predicted octanol–water partition coefficient (Wildman–Crippen LogP) is 3.37. The van der Waals surface area contributed by atoms with Gasteiger partial charge < -0.3 is 29.5 Å². The summed E-state index contributed by atoms with van der Waals surface area (Å²) in [7, 11) is 4.26. The minimum absolute atomic E-state index is 0.0948. The molecule has 2 amide bonds. The first kappa shape index (κ1) is 36.6. The third-order valence-electron chi connectivity index (χ3n) is 9.11. The molecule has 49 heavy (non-hydrogen) atoms. The van der Waals surface area contributed by atoms with E-state index in [0.717, 1.165) is 106 Å². The molecule has 0 atom stereocenters. The molecule has 0 aliphatic carbocycles. The molecule has 3 aromatic rings. The summed E-state index contributed by atoms with van der Waals surface area (Å²) >= 11 is 0. The molecule has 12 nitrogen and oxygen atoms in total. The number of anilines is 1. The molecule has 12 heteroatoms. The highest BCUT2D eigenvalue weighted by molar-refractivity contribution is 6.01. The molecule has 0 radical (unpaired) electrons. The number of hydrogen-bond donors (Lipinski definition) is 1. The van der Waals surface area contributed by atoms with E-state index in [1.165, 1.54) is 0 Å². The molecule has 266 valence electrons. The lowest BCUT2D eigenvalue weighted by Gasteiger charge is -2.35. The van der Waals surface area contributed by atoms with Crippen LogP contribution in [-0.4, -0.2) is 134 Å². The fourth-order valence-electron chi connectivity index (χ4n) is 6.39. The highest BCUT2D eigenvalue weighted by Crippen LogP contribution is 2.41. The average Bonchev–Trinajstić information content (AvgIpc) is 3.52. The maximum absolute atomic E-state index is 13.8. The van der Waals surface area contributed by atoms with E-state index in [1.54, 1.807) is 4.90 Å². The van der Waals surface area contributed by atoms with Crippen LogP contribution < -0.4 is 10.2 Å². The SMILES string of the molecule is CCCOCCOCCNC(=O)CCC(=O)N1Cc2ccccc2-c2c(nnn2CCCN2CCN(CCN(C)C)CC2)-c2ccccc21. The van der Waals surface area contributed by atoms with Crippen LogP contribution in [0.3, 0.4) is 0 Å². The molecule has 2 aliphatic rings. The molecule has 1 aromatic heterocycles. The van der Waals surface area contributed by atoms with Crippen LogP contribution in [0.1, 0.15) is 38.2 Å². The fourth-order valence-corrected chi connectivity index (χ4v) is 6.39. The smallest absolute Gasteiger partial charge is 0.227 e. The molecule has 5 rings (SSSR count). The Labute approximate surface area is 291 Å². The van der Waals surface area contributed by atoms with Gasteiger partial charge in [-0.05, 0) is 38.6 Å². The van der Waals surface area contributed by atoms with Crippen molar-refractivity contribution in [3.8, 4) is 22.5 Å². The van der Waals surface area contributed by atoms with Crippen molar-refractivity contribution in [2.24, 2.45) is 0 Å². The minimum Gasteiger partial charge on any atom is -0.379 e. The second-order valence-electron chi connectivity index (χ2n) is 13.1. The van der Waals surface area contributed by atoms with Crippen LogP contribution in [0.5, 0.6) is 0 Å². The maximum Gasteiger partial charge on any atom is 0.227 e. The van der Waals surface area contributed by atoms with Crippen molar-refractivity contribution < 1.29 is 19.1 Å². The van der Waals surface area contributed by atoms with Crippen LogP contribution >= 0.6 is 0 Å². The lowest BCUT2D eigenvalue weighted by molar-refractivity contribution is -0.125. The minimum atomic E-state index is -0.170. The molecule has 3 heterocycles. The Morgan fingerprint density at radius 2 is 1.53 bits per heavy atom. The van der Waals surface area contributed by atoms with Gasteiger partial charge in [0.2, 0.25) is 11.8 Å². The van der Waals surface area contributed by atoms with Crippen molar-refractivity contribution >= 4 is 17.5 Å². The Bertz CT molecular complexity index is 1490. The molecule has 0 bridgehead atoms. The topological polar surface area (TPSA) is 108 Å². The Hall–Kier alpha value is -3.68. The number of nitrogens with zero attached hydrogens (tertiary/aromatic N) is 7. The molecular formula is C37H54N8O4. The van der Waals surface area contributed by atoms with Crippen molar-refractivity contribution in [2.45, 2.75) is 45.7 Å². The van der Waals surface area contributed by atoms with Gasteiger partial charge in [-0.25, -0.2) is 4.68 Å². The highest BCUT2D eigenvalue weighted by Gasteiger charge is 2.29. The zero-order valence-electron chi connectivity index (χ0n) is 29.6. The summed E-state index contributed by atoms with van der Waals surface area (Å²) in [6, 6.07) is 16.1. The molecule has 1 N–H and O–H groups in total. The Balaban J connectivity index is 1.21. The van der Waals surface area contributed by atoms with Gasteiger partial charge in [-0.2, -0.15) is 0 Å². The number of hydrogen-bond acceptors (Lipinski definition) is 9. The number of carbonyl (C=O) groups is 2. The number of rotatable bonds is 18. The molecule has 0 saturated carbocycles. The van der Waals surface area contributed by atoms with Crippen LogP contribution in [0.25, 0.3) is 22.5 Å². The number of piperazine rings is 1. The lowest BCUT2D eigenvalue weighted by Crippen LogP contribution is -2.48. The van der Waals surface area contributed by atoms with Gasteiger partial charge in [0.15, 0.2) is 0 Å². The number of nitrogens with one attached hydrogen (secondary N) is 1. The molecule has 1 saturated heterocycles. The van der Waals surface area contributed by atoms with E-state index in [2.05, 4.69) is 58.4 Å². The number of amides is 2. The van der Waals surface area contributed by atoms with E-state index in [4.69, 9.17) is 14.6 Å². The van der Waals surface area contributed by atoms with Gasteiger partial charge in [0.05, 0.1) is 37.7 Å². The van der Waals surface area contributed by atoms with Crippen molar-refractivity contribution in [3.05, 3.63) is 54.1 Å². The summed E-state index contributed by atoms with van der Waals surface area (Å²) in [5.41, 5.74) is 5.46. The standard InChI is InChI=1S/C37H54N8O4/c1-4-25-48-27-28-49-26-16-38-34(46)14-15-35(47)44-29-30-10-5-6-11-31(30)37-36(32-12-7-8-13-33(32)44)39-40-45(37)18-9-17-42-21-23-43(24-22-42)20-19-41(2)3/h5-8,10-13H,4,9,14-29H2,1-3H3,(H,38,46). The van der Waals surface area contributed by atoms with Crippen LogP contribution in [0, 0.1) is 0 Å². The second-order valence-corrected chi connectivity index (χ2v) is 13.1. The zero-order valence-corrected chi connectivity index (χ0v) is 29.6. The first-order chi connectivity index (χ1) is 23.9. The average molecular weight is 675 g/mol. The number of benzene rings is 2. The van der Waals surface area contributed by atoms with Crippen LogP contribution in [-0.2, 0) is 32.2 Å². The Kier molecular flexibility index (Phi) is 14.1. The third-order valence-corrected chi connectivity index (χ3v) is 9.11. The fraction of sp³-hybridized carbons (Fsp3) is 0.568.